The molecule has 1 aromatic carbocycles. The lowest BCUT2D eigenvalue weighted by molar-refractivity contribution is -0.146. The number of amides is 1. The smallest absolute Gasteiger partial charge is 0.316 e. The first kappa shape index (κ1) is 19.3. The van der Waals surface area contributed by atoms with Crippen LogP contribution in [0, 0.1) is 5.92 Å². The van der Waals surface area contributed by atoms with E-state index in [1.807, 2.05) is 31.2 Å². The van der Waals surface area contributed by atoms with Gasteiger partial charge in [-0.05, 0) is 37.8 Å². The lowest BCUT2D eigenvalue weighted by Crippen LogP contribution is -2.36. The van der Waals surface area contributed by atoms with E-state index in [0.717, 1.165) is 30.1 Å². The zero-order valence-corrected chi connectivity index (χ0v) is 15.6. The lowest BCUT2D eigenvalue weighted by Gasteiger charge is -2.15. The van der Waals surface area contributed by atoms with Crippen molar-refractivity contribution in [3.63, 3.8) is 0 Å². The first-order valence-electron chi connectivity index (χ1n) is 8.37. The molecule has 2 aromatic rings. The second kappa shape index (κ2) is 9.46. The van der Waals surface area contributed by atoms with E-state index in [9.17, 15) is 9.59 Å². The summed E-state index contributed by atoms with van der Waals surface area (Å²) in [6, 6.07) is 7.45. The number of hydrogen-bond donors (Lipinski definition) is 1. The Balaban J connectivity index is 1.67. The van der Waals surface area contributed by atoms with Gasteiger partial charge in [0.15, 0.2) is 12.2 Å². The zero-order valence-electron chi connectivity index (χ0n) is 14.8. The maximum Gasteiger partial charge on any atom is 0.316 e. The van der Waals surface area contributed by atoms with E-state index < -0.39 is 5.97 Å². The quantitative estimate of drug-likeness (QED) is 0.542. The summed E-state index contributed by atoms with van der Waals surface area (Å²) in [6.45, 7) is 5.97. The molecule has 0 spiro atoms. The fourth-order valence-corrected chi connectivity index (χ4v) is 2.83. The van der Waals surface area contributed by atoms with Crippen molar-refractivity contribution in [3.8, 4) is 0 Å². The third-order valence-corrected chi connectivity index (χ3v) is 4.34. The summed E-state index contributed by atoms with van der Waals surface area (Å²) >= 11 is 1.15. The van der Waals surface area contributed by atoms with E-state index in [-0.39, 0.29) is 24.3 Å². The predicted octanol–water partition coefficient (Wildman–Crippen LogP) is 3.40. The molecule has 1 amide bonds. The summed E-state index contributed by atoms with van der Waals surface area (Å²) < 4.78 is 10.5. The van der Waals surface area contributed by atoms with Crippen molar-refractivity contribution in [3.05, 3.63) is 24.3 Å². The molecule has 0 fully saturated rings. The van der Waals surface area contributed by atoms with Crippen LogP contribution >= 0.6 is 11.8 Å². The number of nitrogens with zero attached hydrogens (tertiary/aromatic N) is 1. The maximum absolute atomic E-state index is 11.8. The largest absolute Gasteiger partial charge is 0.455 e. The van der Waals surface area contributed by atoms with E-state index in [4.69, 9.17) is 9.15 Å². The number of fused-ring (bicyclic) bond motifs is 1. The van der Waals surface area contributed by atoms with Gasteiger partial charge in [0.1, 0.15) is 11.3 Å². The SMILES string of the molecule is CC(C)CC[C@H](C)NC(=O)COC(=O)CSc1nc2ccccc2o1. The Kier molecular flexibility index (Phi) is 7.31. The number of thioether (sulfide) groups is 1. The van der Waals surface area contributed by atoms with Crippen molar-refractivity contribution in [2.45, 2.75) is 44.9 Å². The second-order valence-corrected chi connectivity index (χ2v) is 7.26. The summed E-state index contributed by atoms with van der Waals surface area (Å²) in [5, 5.41) is 3.24. The van der Waals surface area contributed by atoms with Crippen molar-refractivity contribution >= 4 is 34.7 Å². The molecule has 1 N–H and O–H groups in total. The molecule has 0 aliphatic carbocycles. The van der Waals surface area contributed by atoms with E-state index >= 15 is 0 Å². The minimum Gasteiger partial charge on any atom is -0.455 e. The average molecular weight is 364 g/mol. The maximum atomic E-state index is 11.8. The first-order valence-corrected chi connectivity index (χ1v) is 9.36. The lowest BCUT2D eigenvalue weighted by atomic mass is 10.0. The Morgan fingerprint density at radius 3 is 2.72 bits per heavy atom. The summed E-state index contributed by atoms with van der Waals surface area (Å²) in [5.74, 6) is -0.113. The van der Waals surface area contributed by atoms with Gasteiger partial charge < -0.3 is 14.5 Å². The van der Waals surface area contributed by atoms with Gasteiger partial charge in [0.05, 0.1) is 0 Å². The van der Waals surface area contributed by atoms with Crippen molar-refractivity contribution in [1.29, 1.82) is 0 Å². The summed E-state index contributed by atoms with van der Waals surface area (Å²) in [5.41, 5.74) is 1.42. The summed E-state index contributed by atoms with van der Waals surface area (Å²) in [6.07, 6.45) is 1.95. The number of aromatic nitrogens is 1. The molecule has 0 bridgehead atoms. The molecular weight excluding hydrogens is 340 g/mol. The number of esters is 1. The number of para-hydroxylation sites is 2. The normalized spacial score (nSPS) is 12.3. The topological polar surface area (TPSA) is 81.4 Å². The van der Waals surface area contributed by atoms with Crippen molar-refractivity contribution in [1.82, 2.24) is 10.3 Å². The Hall–Kier alpha value is -2.02. The fraction of sp³-hybridized carbons (Fsp3) is 0.500. The molecule has 0 unspecified atom stereocenters. The van der Waals surface area contributed by atoms with Crippen LogP contribution in [0.2, 0.25) is 0 Å². The van der Waals surface area contributed by atoms with Crippen LogP contribution in [0.15, 0.2) is 33.9 Å². The van der Waals surface area contributed by atoms with E-state index in [1.54, 1.807) is 0 Å². The molecule has 25 heavy (non-hydrogen) atoms. The summed E-state index contributed by atoms with van der Waals surface area (Å²) in [4.78, 5) is 27.8. The number of benzene rings is 1. The monoisotopic (exact) mass is 364 g/mol. The zero-order chi connectivity index (χ0) is 18.2. The van der Waals surface area contributed by atoms with Crippen molar-refractivity contribution in [2.24, 2.45) is 5.92 Å². The molecule has 1 heterocycles. The van der Waals surface area contributed by atoms with Gasteiger partial charge in [-0.1, -0.05) is 37.7 Å². The van der Waals surface area contributed by atoms with Crippen LogP contribution in [0.25, 0.3) is 11.1 Å². The summed E-state index contributed by atoms with van der Waals surface area (Å²) in [7, 11) is 0. The van der Waals surface area contributed by atoms with Crippen molar-refractivity contribution in [2.75, 3.05) is 12.4 Å². The van der Waals surface area contributed by atoms with Gasteiger partial charge in [-0.2, -0.15) is 0 Å². The molecule has 0 radical (unpaired) electrons. The van der Waals surface area contributed by atoms with Gasteiger partial charge in [0.25, 0.3) is 11.1 Å². The molecule has 0 aliphatic rings. The molecular formula is C18H24N2O4S. The predicted molar refractivity (Wildman–Crippen MR) is 97.4 cm³/mol. The molecule has 7 heteroatoms. The van der Waals surface area contributed by atoms with E-state index in [2.05, 4.69) is 24.1 Å². The number of ether oxygens (including phenoxy) is 1. The highest BCUT2D eigenvalue weighted by atomic mass is 32.2. The molecule has 136 valence electrons. The van der Waals surface area contributed by atoms with Crippen LogP contribution in [-0.2, 0) is 14.3 Å². The van der Waals surface area contributed by atoms with Gasteiger partial charge in [-0.15, -0.1) is 0 Å². The number of carbonyl (C=O) groups excluding carboxylic acids is 2. The minimum absolute atomic E-state index is 0.0446. The van der Waals surface area contributed by atoms with Crippen LogP contribution in [0.1, 0.15) is 33.6 Å². The van der Waals surface area contributed by atoms with Crippen LogP contribution in [-0.4, -0.2) is 35.3 Å². The standard InChI is InChI=1S/C18H24N2O4S/c1-12(2)8-9-13(3)19-16(21)10-23-17(22)11-25-18-20-14-6-4-5-7-15(14)24-18/h4-7,12-13H,8-11H2,1-3H3,(H,19,21)/t13-/m0/s1. The second-order valence-electron chi connectivity index (χ2n) is 6.34. The first-order chi connectivity index (χ1) is 11.9. The van der Waals surface area contributed by atoms with Crippen molar-refractivity contribution < 1.29 is 18.7 Å². The van der Waals surface area contributed by atoms with Gasteiger partial charge in [0, 0.05) is 6.04 Å². The van der Waals surface area contributed by atoms with Gasteiger partial charge in [-0.25, -0.2) is 4.98 Å². The van der Waals surface area contributed by atoms with Gasteiger partial charge in [0.2, 0.25) is 0 Å². The molecule has 0 saturated heterocycles. The van der Waals surface area contributed by atoms with E-state index in [1.165, 1.54) is 0 Å². The van der Waals surface area contributed by atoms with Crippen LogP contribution in [0.4, 0.5) is 0 Å². The fourth-order valence-electron chi connectivity index (χ4n) is 2.19. The van der Waals surface area contributed by atoms with Crippen LogP contribution in [0.5, 0.6) is 0 Å². The Morgan fingerprint density at radius 2 is 2.00 bits per heavy atom. The highest BCUT2D eigenvalue weighted by Gasteiger charge is 2.13. The van der Waals surface area contributed by atoms with E-state index in [0.29, 0.717) is 16.7 Å². The van der Waals surface area contributed by atoms with Crippen LogP contribution < -0.4 is 5.32 Å². The number of oxazole rings is 1. The Bertz CT molecular complexity index is 681. The highest BCUT2D eigenvalue weighted by Crippen LogP contribution is 2.23. The van der Waals surface area contributed by atoms with Gasteiger partial charge in [-0.3, -0.25) is 9.59 Å². The number of rotatable bonds is 9. The molecule has 1 atom stereocenters. The molecule has 2 rings (SSSR count). The third kappa shape index (κ3) is 6.78. The molecule has 1 aromatic heterocycles. The molecule has 0 saturated carbocycles. The Morgan fingerprint density at radius 1 is 1.24 bits per heavy atom. The third-order valence-electron chi connectivity index (χ3n) is 3.54. The highest BCUT2D eigenvalue weighted by molar-refractivity contribution is 7.99. The molecule has 0 aliphatic heterocycles. The number of carbonyl (C=O) groups is 2. The molecule has 6 nitrogen and oxygen atoms in total. The minimum atomic E-state index is -0.475. The average Bonchev–Trinajstić information content (AvgIpc) is 2.99. The van der Waals surface area contributed by atoms with Gasteiger partial charge >= 0.3 is 5.97 Å². The number of nitrogens with one attached hydrogen (secondary N) is 1. The Labute approximate surface area is 151 Å². The van der Waals surface area contributed by atoms with Crippen LogP contribution in [0.3, 0.4) is 0 Å². The number of hydrogen-bond acceptors (Lipinski definition) is 6.